The fourth-order valence-corrected chi connectivity index (χ4v) is 5.00. The van der Waals surface area contributed by atoms with Gasteiger partial charge in [0.1, 0.15) is 30.5 Å². The highest BCUT2D eigenvalue weighted by atomic mass is 28.4. The lowest BCUT2D eigenvalue weighted by molar-refractivity contribution is -0.200. The van der Waals surface area contributed by atoms with Crippen molar-refractivity contribution in [1.82, 2.24) is 19.7 Å². The minimum absolute atomic E-state index is 0.110. The second-order valence-corrected chi connectivity index (χ2v) is 15.2. The summed E-state index contributed by atoms with van der Waals surface area (Å²) in [6, 6.07) is 0. The predicted molar refractivity (Wildman–Crippen MR) is 120 cm³/mol. The normalized spacial score (nSPS) is 28.4. The van der Waals surface area contributed by atoms with Gasteiger partial charge in [-0.2, -0.15) is 5.10 Å². The van der Waals surface area contributed by atoms with Crippen molar-refractivity contribution in [3.63, 3.8) is 0 Å². The number of nitrogen functional groups attached to an aromatic ring is 1. The molecule has 0 unspecified atom stereocenters. The molecule has 2 fully saturated rings. The summed E-state index contributed by atoms with van der Waals surface area (Å²) >= 11 is 0. The number of nitrogens with zero attached hydrogens (tertiary/aromatic N) is 4. The first-order chi connectivity index (χ1) is 14.3. The third-order valence-corrected chi connectivity index (χ3v) is 11.2. The molecule has 4 heterocycles. The van der Waals surface area contributed by atoms with Crippen LogP contribution in [-0.4, -0.2) is 58.8 Å². The van der Waals surface area contributed by atoms with Crippen LogP contribution in [0, 0.1) is 0 Å². The third kappa shape index (κ3) is 3.88. The monoisotopic (exact) mass is 449 g/mol. The number of hydrogen-bond donors (Lipinski definition) is 1. The second-order valence-electron chi connectivity index (χ2n) is 10.4. The molecule has 2 aliphatic heterocycles. The number of anilines is 1. The maximum absolute atomic E-state index is 6.47. The van der Waals surface area contributed by atoms with Crippen LogP contribution < -0.4 is 5.73 Å². The van der Waals surface area contributed by atoms with Gasteiger partial charge in [-0.25, -0.2) is 14.6 Å². The Balaban J connectivity index is 1.67. The van der Waals surface area contributed by atoms with Crippen molar-refractivity contribution < 1.29 is 18.6 Å². The summed E-state index contributed by atoms with van der Waals surface area (Å²) in [5.41, 5.74) is 7.63. The molecular weight excluding hydrogens is 414 g/mol. The lowest BCUT2D eigenvalue weighted by Crippen LogP contribution is -2.44. The lowest BCUT2D eigenvalue weighted by Gasteiger charge is -2.37. The lowest BCUT2D eigenvalue weighted by atomic mass is 10.1. The highest BCUT2D eigenvalue weighted by Crippen LogP contribution is 2.45. The van der Waals surface area contributed by atoms with Gasteiger partial charge in [0, 0.05) is 0 Å². The first kappa shape index (κ1) is 22.6. The molecule has 0 radical (unpaired) electrons. The van der Waals surface area contributed by atoms with Crippen molar-refractivity contribution in [2.45, 2.75) is 96.4 Å². The molecule has 0 aliphatic carbocycles. The predicted octanol–water partition coefficient (Wildman–Crippen LogP) is 3.41. The van der Waals surface area contributed by atoms with Gasteiger partial charge < -0.3 is 24.4 Å². The van der Waals surface area contributed by atoms with Crippen LogP contribution in [0.1, 0.15) is 53.5 Å². The molecule has 0 bridgehead atoms. The van der Waals surface area contributed by atoms with Gasteiger partial charge in [-0.15, -0.1) is 0 Å². The summed E-state index contributed by atoms with van der Waals surface area (Å²) in [6.07, 6.45) is 0.824. The zero-order chi connectivity index (χ0) is 22.8. The maximum Gasteiger partial charge on any atom is 0.192 e. The summed E-state index contributed by atoms with van der Waals surface area (Å²) in [6.45, 7) is 17.5. The van der Waals surface area contributed by atoms with E-state index in [0.717, 1.165) is 11.1 Å². The zero-order valence-electron chi connectivity index (χ0n) is 19.8. The smallest absolute Gasteiger partial charge is 0.192 e. The van der Waals surface area contributed by atoms with Crippen LogP contribution in [0.25, 0.3) is 11.0 Å². The number of hydrogen-bond acceptors (Lipinski definition) is 8. The molecule has 172 valence electrons. The summed E-state index contributed by atoms with van der Waals surface area (Å²) in [5, 5.41) is 5.66. The molecule has 0 saturated carbocycles. The molecular formula is C21H35N5O4Si. The number of aryl methyl sites for hydroxylation is 1. The molecule has 2 N–H and O–H groups in total. The Morgan fingerprint density at radius 3 is 2.52 bits per heavy atom. The Morgan fingerprint density at radius 1 is 1.19 bits per heavy atom. The molecule has 2 aromatic rings. The largest absolute Gasteiger partial charge is 0.414 e. The van der Waals surface area contributed by atoms with Gasteiger partial charge in [0.25, 0.3) is 0 Å². The Hall–Kier alpha value is -1.59. The van der Waals surface area contributed by atoms with E-state index in [1.165, 1.54) is 6.33 Å². The summed E-state index contributed by atoms with van der Waals surface area (Å²) < 4.78 is 27.2. The van der Waals surface area contributed by atoms with Gasteiger partial charge in [0.15, 0.2) is 26.0 Å². The van der Waals surface area contributed by atoms with E-state index in [9.17, 15) is 0 Å². The van der Waals surface area contributed by atoms with E-state index in [4.69, 9.17) is 29.5 Å². The van der Waals surface area contributed by atoms with Crippen molar-refractivity contribution in [2.75, 3.05) is 12.3 Å². The summed E-state index contributed by atoms with van der Waals surface area (Å²) in [4.78, 5) is 8.60. The molecule has 2 aliphatic rings. The van der Waals surface area contributed by atoms with E-state index >= 15 is 0 Å². The van der Waals surface area contributed by atoms with Crippen LogP contribution in [0.4, 0.5) is 5.82 Å². The van der Waals surface area contributed by atoms with E-state index < -0.39 is 20.3 Å². The van der Waals surface area contributed by atoms with Crippen LogP contribution in [-0.2, 0) is 25.1 Å². The molecule has 2 saturated heterocycles. The van der Waals surface area contributed by atoms with E-state index in [0.29, 0.717) is 24.5 Å². The maximum atomic E-state index is 6.47. The van der Waals surface area contributed by atoms with Crippen molar-refractivity contribution in [3.05, 3.63) is 12.0 Å². The third-order valence-electron chi connectivity index (χ3n) is 6.71. The molecule has 0 aromatic carbocycles. The van der Waals surface area contributed by atoms with Gasteiger partial charge in [-0.1, -0.05) is 27.7 Å². The molecule has 0 amide bonds. The Morgan fingerprint density at radius 2 is 1.87 bits per heavy atom. The molecule has 10 heteroatoms. The van der Waals surface area contributed by atoms with Crippen molar-refractivity contribution in [1.29, 1.82) is 0 Å². The van der Waals surface area contributed by atoms with Crippen LogP contribution in [0.15, 0.2) is 6.33 Å². The molecule has 4 atom stereocenters. The zero-order valence-corrected chi connectivity index (χ0v) is 20.8. The number of nitrogens with two attached hydrogens (primary N) is 1. The fraction of sp³-hybridized carbons (Fsp3) is 0.762. The summed E-state index contributed by atoms with van der Waals surface area (Å²) in [7, 11) is -1.94. The average Bonchev–Trinajstić information content (AvgIpc) is 3.28. The Bertz CT molecular complexity index is 971. The number of fused-ring (bicyclic) bond motifs is 2. The average molecular weight is 450 g/mol. The second kappa shape index (κ2) is 7.48. The van der Waals surface area contributed by atoms with E-state index in [-0.39, 0.29) is 23.4 Å². The van der Waals surface area contributed by atoms with Crippen molar-refractivity contribution in [3.8, 4) is 0 Å². The van der Waals surface area contributed by atoms with Gasteiger partial charge in [0.05, 0.1) is 17.7 Å². The van der Waals surface area contributed by atoms with Gasteiger partial charge >= 0.3 is 0 Å². The highest BCUT2D eigenvalue weighted by molar-refractivity contribution is 6.74. The number of ether oxygens (including phenoxy) is 3. The SMILES string of the molecule is CCc1nn([C@@H]2O[C@H](CO[Si](C)(C)C(C)(C)C)[C@H]3OC(C)(C)O[C@H]32)c2ncnc(N)c12. The Kier molecular flexibility index (Phi) is 5.45. The van der Waals surface area contributed by atoms with E-state index in [1.807, 2.05) is 20.8 Å². The first-order valence-corrected chi connectivity index (χ1v) is 13.9. The molecule has 31 heavy (non-hydrogen) atoms. The van der Waals surface area contributed by atoms with Gasteiger partial charge in [0.2, 0.25) is 0 Å². The minimum Gasteiger partial charge on any atom is -0.414 e. The van der Waals surface area contributed by atoms with Crippen molar-refractivity contribution >= 4 is 25.2 Å². The molecule has 9 nitrogen and oxygen atoms in total. The fourth-order valence-electron chi connectivity index (χ4n) is 3.99. The van der Waals surface area contributed by atoms with Crippen LogP contribution in [0.3, 0.4) is 0 Å². The molecule has 4 rings (SSSR count). The van der Waals surface area contributed by atoms with Gasteiger partial charge in [-0.3, -0.25) is 0 Å². The van der Waals surface area contributed by atoms with E-state index in [2.05, 4.69) is 43.8 Å². The topological polar surface area (TPSA) is 107 Å². The van der Waals surface area contributed by atoms with Gasteiger partial charge in [-0.05, 0) is 38.4 Å². The minimum atomic E-state index is -1.94. The van der Waals surface area contributed by atoms with E-state index in [1.54, 1.807) is 4.68 Å². The molecule has 2 aromatic heterocycles. The quantitative estimate of drug-likeness (QED) is 0.692. The van der Waals surface area contributed by atoms with Crippen LogP contribution in [0.2, 0.25) is 18.1 Å². The number of rotatable bonds is 5. The van der Waals surface area contributed by atoms with Crippen molar-refractivity contribution in [2.24, 2.45) is 0 Å². The Labute approximate surface area is 184 Å². The first-order valence-electron chi connectivity index (χ1n) is 11.0. The van der Waals surface area contributed by atoms with Crippen LogP contribution in [0.5, 0.6) is 0 Å². The highest BCUT2D eigenvalue weighted by Gasteiger charge is 2.57. The standard InChI is InChI=1S/C21H35N5O4Si/c1-9-12-14-17(22)23-11-24-18(14)26(25-12)19-16-15(29-21(5,6)30-16)13(28-19)10-27-31(7,8)20(2,3)4/h11,13,15-16,19H,9-10H2,1-8H3,(H2,22,23,24)/t13-,15-,16-,19-/m1/s1. The number of aromatic nitrogens is 4. The summed E-state index contributed by atoms with van der Waals surface area (Å²) in [5.74, 6) is -0.290. The molecule has 0 spiro atoms. The van der Waals surface area contributed by atoms with Crippen LogP contribution >= 0.6 is 0 Å².